The quantitative estimate of drug-likeness (QED) is 0.865. The van der Waals surface area contributed by atoms with Gasteiger partial charge in [0, 0.05) is 19.1 Å². The molecule has 1 saturated heterocycles. The smallest absolute Gasteiger partial charge is 0.253 e. The van der Waals surface area contributed by atoms with Crippen molar-refractivity contribution in [3.63, 3.8) is 0 Å². The molecule has 0 bridgehead atoms. The summed E-state index contributed by atoms with van der Waals surface area (Å²) >= 11 is 5.80. The van der Waals surface area contributed by atoms with Crippen LogP contribution in [0.15, 0.2) is 12.1 Å². The summed E-state index contributed by atoms with van der Waals surface area (Å²) in [6.45, 7) is 5.07. The average molecular weight is 317 g/mol. The molecule has 0 atom stereocenters. The number of rotatable bonds is 4. The molecular weight excluding hydrogens is 298 g/mol. The van der Waals surface area contributed by atoms with Crippen molar-refractivity contribution in [2.24, 2.45) is 0 Å². The minimum Gasteiger partial charge on any atom is -0.349 e. The second-order valence-corrected chi connectivity index (χ2v) is 5.74. The van der Waals surface area contributed by atoms with Crippen molar-refractivity contribution in [2.75, 3.05) is 19.6 Å². The highest BCUT2D eigenvalue weighted by Crippen LogP contribution is 2.20. The fourth-order valence-corrected chi connectivity index (χ4v) is 2.81. The summed E-state index contributed by atoms with van der Waals surface area (Å²) < 4.78 is 26.2. The summed E-state index contributed by atoms with van der Waals surface area (Å²) in [7, 11) is 0. The largest absolute Gasteiger partial charge is 0.349 e. The molecule has 1 fully saturated rings. The first-order valence-corrected chi connectivity index (χ1v) is 7.56. The highest BCUT2D eigenvalue weighted by Gasteiger charge is 2.22. The fraction of sp³-hybridized carbons (Fsp3) is 0.533. The van der Waals surface area contributed by atoms with Crippen molar-refractivity contribution in [2.45, 2.75) is 32.2 Å². The highest BCUT2D eigenvalue weighted by molar-refractivity contribution is 6.33. The molecule has 0 aliphatic carbocycles. The molecule has 21 heavy (non-hydrogen) atoms. The Balaban J connectivity index is 1.95. The van der Waals surface area contributed by atoms with Crippen LogP contribution in [0.1, 0.15) is 36.5 Å². The zero-order chi connectivity index (χ0) is 15.4. The van der Waals surface area contributed by atoms with E-state index in [0.717, 1.165) is 51.0 Å². The van der Waals surface area contributed by atoms with Crippen LogP contribution in [0, 0.1) is 11.6 Å². The molecule has 1 aliphatic rings. The number of carbonyl (C=O) groups excluding carboxylic acids is 1. The fourth-order valence-electron chi connectivity index (χ4n) is 2.58. The molecule has 0 spiro atoms. The van der Waals surface area contributed by atoms with E-state index in [2.05, 4.69) is 17.1 Å². The van der Waals surface area contributed by atoms with Crippen LogP contribution in [0.2, 0.25) is 5.02 Å². The van der Waals surface area contributed by atoms with E-state index in [1.807, 2.05) is 0 Å². The number of benzene rings is 1. The summed E-state index contributed by atoms with van der Waals surface area (Å²) in [5.41, 5.74) is -0.0217. The Hall–Kier alpha value is -1.20. The summed E-state index contributed by atoms with van der Waals surface area (Å²) in [6, 6.07) is 1.73. The van der Waals surface area contributed by atoms with Crippen molar-refractivity contribution in [1.82, 2.24) is 10.2 Å². The van der Waals surface area contributed by atoms with Crippen molar-refractivity contribution >= 4 is 17.5 Å². The van der Waals surface area contributed by atoms with E-state index < -0.39 is 17.5 Å². The number of carbonyl (C=O) groups is 1. The molecule has 0 radical (unpaired) electrons. The molecule has 0 unspecified atom stereocenters. The minimum atomic E-state index is -1.07. The number of halogens is 3. The normalized spacial score (nSPS) is 17.0. The first-order chi connectivity index (χ1) is 10.0. The molecule has 3 nitrogen and oxygen atoms in total. The third kappa shape index (κ3) is 4.14. The molecule has 1 aromatic carbocycles. The van der Waals surface area contributed by atoms with Crippen LogP contribution in [0.3, 0.4) is 0 Å². The lowest BCUT2D eigenvalue weighted by molar-refractivity contribution is 0.0910. The number of nitrogens with one attached hydrogen (secondary N) is 1. The third-order valence-electron chi connectivity index (χ3n) is 3.72. The summed E-state index contributed by atoms with van der Waals surface area (Å²) in [5, 5.41) is 2.77. The number of hydrogen-bond donors (Lipinski definition) is 1. The Morgan fingerprint density at radius 2 is 1.95 bits per heavy atom. The van der Waals surface area contributed by atoms with Gasteiger partial charge in [0.05, 0.1) is 10.6 Å². The molecule has 1 N–H and O–H groups in total. The molecule has 1 amide bonds. The molecule has 2 rings (SSSR count). The van der Waals surface area contributed by atoms with Crippen LogP contribution in [0.4, 0.5) is 8.78 Å². The lowest BCUT2D eigenvalue weighted by Gasteiger charge is -2.32. The summed E-state index contributed by atoms with van der Waals surface area (Å²) in [6.07, 6.45) is 2.82. The Morgan fingerprint density at radius 1 is 1.33 bits per heavy atom. The molecule has 0 aromatic heterocycles. The van der Waals surface area contributed by atoms with Gasteiger partial charge < -0.3 is 10.2 Å². The van der Waals surface area contributed by atoms with Gasteiger partial charge in [-0.25, -0.2) is 8.78 Å². The SMILES string of the molecule is CCCN1CCC(NC(=O)c2cc(F)c(F)cc2Cl)CC1. The molecular formula is C15H19ClF2N2O. The maximum absolute atomic E-state index is 13.2. The maximum Gasteiger partial charge on any atom is 0.253 e. The lowest BCUT2D eigenvalue weighted by Crippen LogP contribution is -2.44. The van der Waals surface area contributed by atoms with E-state index in [1.54, 1.807) is 0 Å². The van der Waals surface area contributed by atoms with Crippen molar-refractivity contribution in [3.05, 3.63) is 34.4 Å². The topological polar surface area (TPSA) is 32.3 Å². The monoisotopic (exact) mass is 316 g/mol. The molecule has 116 valence electrons. The van der Waals surface area contributed by atoms with Crippen LogP contribution in [0.25, 0.3) is 0 Å². The van der Waals surface area contributed by atoms with E-state index in [1.165, 1.54) is 0 Å². The maximum atomic E-state index is 13.2. The van der Waals surface area contributed by atoms with Crippen LogP contribution < -0.4 is 5.32 Å². The van der Waals surface area contributed by atoms with Gasteiger partial charge in [0.1, 0.15) is 0 Å². The van der Waals surface area contributed by atoms with Gasteiger partial charge in [-0.15, -0.1) is 0 Å². The second kappa shape index (κ2) is 7.18. The molecule has 0 saturated carbocycles. The van der Waals surface area contributed by atoms with E-state index in [9.17, 15) is 13.6 Å². The first-order valence-electron chi connectivity index (χ1n) is 7.19. The first kappa shape index (κ1) is 16.2. The van der Waals surface area contributed by atoms with Gasteiger partial charge in [0.2, 0.25) is 0 Å². The van der Waals surface area contributed by atoms with Crippen molar-refractivity contribution in [1.29, 1.82) is 0 Å². The number of likely N-dealkylation sites (tertiary alicyclic amines) is 1. The number of amides is 1. The van der Waals surface area contributed by atoms with E-state index in [0.29, 0.717) is 0 Å². The average Bonchev–Trinajstić information content (AvgIpc) is 2.45. The van der Waals surface area contributed by atoms with Gasteiger partial charge in [-0.05, 0) is 37.9 Å². The van der Waals surface area contributed by atoms with Crippen molar-refractivity contribution < 1.29 is 13.6 Å². The lowest BCUT2D eigenvalue weighted by atomic mass is 10.0. The Labute approximate surface area is 128 Å². The van der Waals surface area contributed by atoms with Crippen LogP contribution >= 0.6 is 11.6 Å². The zero-order valence-corrected chi connectivity index (χ0v) is 12.7. The van der Waals surface area contributed by atoms with Crippen LogP contribution in [-0.2, 0) is 0 Å². The van der Waals surface area contributed by atoms with Gasteiger partial charge in [-0.3, -0.25) is 4.79 Å². The summed E-state index contributed by atoms with van der Waals surface area (Å²) in [5.74, 6) is -2.57. The van der Waals surface area contributed by atoms with Gasteiger partial charge in [-0.1, -0.05) is 18.5 Å². The predicted molar refractivity (Wildman–Crippen MR) is 78.6 cm³/mol. The molecule has 1 heterocycles. The Bertz CT molecular complexity index is 517. The zero-order valence-electron chi connectivity index (χ0n) is 12.0. The van der Waals surface area contributed by atoms with Crippen LogP contribution in [-0.4, -0.2) is 36.5 Å². The second-order valence-electron chi connectivity index (χ2n) is 5.34. The number of piperidine rings is 1. The predicted octanol–water partition coefficient (Wildman–Crippen LogP) is 3.22. The minimum absolute atomic E-state index is 0.0217. The third-order valence-corrected chi connectivity index (χ3v) is 4.03. The van der Waals surface area contributed by atoms with E-state index in [-0.39, 0.29) is 16.6 Å². The van der Waals surface area contributed by atoms with Gasteiger partial charge >= 0.3 is 0 Å². The van der Waals surface area contributed by atoms with Gasteiger partial charge in [0.25, 0.3) is 5.91 Å². The van der Waals surface area contributed by atoms with E-state index in [4.69, 9.17) is 11.6 Å². The van der Waals surface area contributed by atoms with Gasteiger partial charge in [-0.2, -0.15) is 0 Å². The Morgan fingerprint density at radius 3 is 2.57 bits per heavy atom. The van der Waals surface area contributed by atoms with Crippen LogP contribution in [0.5, 0.6) is 0 Å². The highest BCUT2D eigenvalue weighted by atomic mass is 35.5. The number of nitrogens with zero attached hydrogens (tertiary/aromatic N) is 1. The van der Waals surface area contributed by atoms with E-state index >= 15 is 0 Å². The molecule has 1 aliphatic heterocycles. The van der Waals surface area contributed by atoms with Gasteiger partial charge in [0.15, 0.2) is 11.6 Å². The number of hydrogen-bond acceptors (Lipinski definition) is 2. The standard InChI is InChI=1S/C15H19ClF2N2O/c1-2-5-20-6-3-10(4-7-20)19-15(21)11-8-13(17)14(18)9-12(11)16/h8-10H,2-7H2,1H3,(H,19,21). The Kier molecular flexibility index (Phi) is 5.53. The summed E-state index contributed by atoms with van der Waals surface area (Å²) in [4.78, 5) is 14.5. The molecule has 1 aromatic rings. The molecule has 6 heteroatoms. The van der Waals surface area contributed by atoms with Crippen molar-refractivity contribution in [3.8, 4) is 0 Å².